The Hall–Kier alpha value is -2.07. The smallest absolute Gasteiger partial charge is 0.306 e. The summed E-state index contributed by atoms with van der Waals surface area (Å²) in [5.41, 5.74) is 1.33. The number of nitrogens with zero attached hydrogens (tertiary/aromatic N) is 1. The van der Waals surface area contributed by atoms with Crippen LogP contribution in [-0.2, 0) is 4.79 Å². The molecule has 0 spiro atoms. The predicted octanol–water partition coefficient (Wildman–Crippen LogP) is 6.19. The van der Waals surface area contributed by atoms with Gasteiger partial charge in [-0.1, -0.05) is 38.0 Å². The van der Waals surface area contributed by atoms with E-state index in [4.69, 9.17) is 4.74 Å². The van der Waals surface area contributed by atoms with Crippen molar-refractivity contribution in [3.05, 3.63) is 42.0 Å². The first-order valence-electron chi connectivity index (χ1n) is 11.8. The van der Waals surface area contributed by atoms with Gasteiger partial charge in [0, 0.05) is 6.04 Å². The van der Waals surface area contributed by atoms with Crippen molar-refractivity contribution in [3.8, 4) is 5.75 Å². The van der Waals surface area contributed by atoms with Crippen molar-refractivity contribution in [1.82, 2.24) is 4.90 Å². The van der Waals surface area contributed by atoms with E-state index in [1.165, 1.54) is 54.9 Å². The molecule has 1 N–H and O–H groups in total. The van der Waals surface area contributed by atoms with Crippen molar-refractivity contribution >= 4 is 16.7 Å². The van der Waals surface area contributed by atoms with Gasteiger partial charge in [0.05, 0.1) is 12.0 Å². The monoisotopic (exact) mass is 409 g/mol. The van der Waals surface area contributed by atoms with Gasteiger partial charge in [0.2, 0.25) is 0 Å². The summed E-state index contributed by atoms with van der Waals surface area (Å²) in [4.78, 5) is 13.7. The average molecular weight is 410 g/mol. The maximum atomic E-state index is 11.3. The summed E-state index contributed by atoms with van der Waals surface area (Å²) in [5.74, 6) is 0.169. The van der Waals surface area contributed by atoms with Gasteiger partial charge in [0.25, 0.3) is 0 Å². The standard InChI is InChI=1S/C26H35NO3/c1-2-25(27-15-13-19(14-16-27)26(28)29)22-10-9-21-18-24(12-11-20(21)17-22)30-23-7-5-3-4-6-8-23/h9-12,17-19,23,25H,2-8,13-16H2,1H3,(H,28,29). The van der Waals surface area contributed by atoms with Gasteiger partial charge in [-0.05, 0) is 92.6 Å². The number of piperidine rings is 1. The van der Waals surface area contributed by atoms with Crippen LogP contribution in [-0.4, -0.2) is 35.2 Å². The molecule has 2 aliphatic rings. The summed E-state index contributed by atoms with van der Waals surface area (Å²) in [7, 11) is 0. The number of fused-ring (bicyclic) bond motifs is 1. The third-order valence-corrected chi connectivity index (χ3v) is 7.03. The molecule has 4 nitrogen and oxygen atoms in total. The lowest BCUT2D eigenvalue weighted by atomic mass is 9.93. The largest absolute Gasteiger partial charge is 0.490 e. The summed E-state index contributed by atoms with van der Waals surface area (Å²) >= 11 is 0. The number of aliphatic carboxylic acids is 1. The van der Waals surface area contributed by atoms with Crippen molar-refractivity contribution in [2.24, 2.45) is 5.92 Å². The number of hydrogen-bond donors (Lipinski definition) is 1. The van der Waals surface area contributed by atoms with Gasteiger partial charge in [0.1, 0.15) is 5.75 Å². The number of rotatable bonds is 6. The zero-order valence-electron chi connectivity index (χ0n) is 18.2. The van der Waals surface area contributed by atoms with Gasteiger partial charge < -0.3 is 9.84 Å². The van der Waals surface area contributed by atoms with E-state index in [1.54, 1.807) is 0 Å². The van der Waals surface area contributed by atoms with E-state index in [0.717, 1.165) is 38.1 Å². The Morgan fingerprint density at radius 1 is 1.00 bits per heavy atom. The third kappa shape index (κ3) is 4.97. The summed E-state index contributed by atoms with van der Waals surface area (Å²) < 4.78 is 6.31. The van der Waals surface area contributed by atoms with Gasteiger partial charge in [-0.15, -0.1) is 0 Å². The quantitative estimate of drug-likeness (QED) is 0.578. The molecule has 0 amide bonds. The zero-order valence-corrected chi connectivity index (χ0v) is 18.2. The maximum absolute atomic E-state index is 11.3. The lowest BCUT2D eigenvalue weighted by Gasteiger charge is -2.36. The van der Waals surface area contributed by atoms with Crippen LogP contribution in [0.25, 0.3) is 10.8 Å². The zero-order chi connectivity index (χ0) is 20.9. The number of carbonyl (C=O) groups is 1. The summed E-state index contributed by atoms with van der Waals surface area (Å²) in [6.45, 7) is 3.95. The second kappa shape index (κ2) is 9.82. The second-order valence-corrected chi connectivity index (χ2v) is 9.07. The van der Waals surface area contributed by atoms with Gasteiger partial charge in [-0.3, -0.25) is 9.69 Å². The normalized spacial score (nSPS) is 20.7. The molecule has 1 heterocycles. The van der Waals surface area contributed by atoms with E-state index in [0.29, 0.717) is 12.1 Å². The molecular formula is C26H35NO3. The predicted molar refractivity (Wildman–Crippen MR) is 121 cm³/mol. The highest BCUT2D eigenvalue weighted by Crippen LogP contribution is 2.32. The SMILES string of the molecule is CCC(c1ccc2cc(OC3CCCCCC3)ccc2c1)N1CCC(C(=O)O)CC1. The lowest BCUT2D eigenvalue weighted by Crippen LogP contribution is -2.38. The van der Waals surface area contributed by atoms with Crippen LogP contribution in [0.1, 0.15) is 76.3 Å². The molecule has 1 saturated carbocycles. The Labute approximate surface area is 180 Å². The summed E-state index contributed by atoms with van der Waals surface area (Å²) in [6.07, 6.45) is 10.5. The number of carboxylic acid groups (broad SMARTS) is 1. The molecule has 1 aliphatic carbocycles. The van der Waals surface area contributed by atoms with Crippen LogP contribution in [0.5, 0.6) is 5.75 Å². The third-order valence-electron chi connectivity index (χ3n) is 7.03. The Balaban J connectivity index is 1.46. The Morgan fingerprint density at radius 3 is 2.33 bits per heavy atom. The van der Waals surface area contributed by atoms with Crippen molar-refractivity contribution in [2.75, 3.05) is 13.1 Å². The lowest BCUT2D eigenvalue weighted by molar-refractivity contribution is -0.143. The molecule has 0 radical (unpaired) electrons. The van der Waals surface area contributed by atoms with E-state index < -0.39 is 5.97 Å². The molecule has 30 heavy (non-hydrogen) atoms. The van der Waals surface area contributed by atoms with E-state index >= 15 is 0 Å². The minimum atomic E-state index is -0.643. The minimum absolute atomic E-state index is 0.178. The van der Waals surface area contributed by atoms with Crippen LogP contribution in [0.3, 0.4) is 0 Å². The van der Waals surface area contributed by atoms with Crippen molar-refractivity contribution in [3.63, 3.8) is 0 Å². The fraction of sp³-hybridized carbons (Fsp3) is 0.577. The average Bonchev–Trinajstić information content (AvgIpc) is 3.03. The molecule has 2 fully saturated rings. The van der Waals surface area contributed by atoms with Gasteiger partial charge >= 0.3 is 5.97 Å². The number of carboxylic acids is 1. The van der Waals surface area contributed by atoms with Crippen LogP contribution >= 0.6 is 0 Å². The topological polar surface area (TPSA) is 49.8 Å². The fourth-order valence-electron chi connectivity index (χ4n) is 5.24. The molecule has 162 valence electrons. The highest BCUT2D eigenvalue weighted by Gasteiger charge is 2.28. The Kier molecular flexibility index (Phi) is 6.93. The summed E-state index contributed by atoms with van der Waals surface area (Å²) in [6, 6.07) is 13.6. The molecule has 1 saturated heterocycles. The Morgan fingerprint density at radius 2 is 1.67 bits per heavy atom. The van der Waals surface area contributed by atoms with E-state index in [9.17, 15) is 9.90 Å². The first-order valence-corrected chi connectivity index (χ1v) is 11.8. The number of hydrogen-bond acceptors (Lipinski definition) is 3. The number of benzene rings is 2. The van der Waals surface area contributed by atoms with Crippen LogP contribution in [0.4, 0.5) is 0 Å². The van der Waals surface area contributed by atoms with Crippen molar-refractivity contribution < 1.29 is 14.6 Å². The minimum Gasteiger partial charge on any atom is -0.490 e. The maximum Gasteiger partial charge on any atom is 0.306 e. The van der Waals surface area contributed by atoms with Crippen LogP contribution in [0, 0.1) is 5.92 Å². The molecule has 1 unspecified atom stereocenters. The number of likely N-dealkylation sites (tertiary alicyclic amines) is 1. The Bertz CT molecular complexity index is 848. The second-order valence-electron chi connectivity index (χ2n) is 9.07. The molecule has 2 aromatic carbocycles. The highest BCUT2D eigenvalue weighted by molar-refractivity contribution is 5.84. The number of ether oxygens (including phenoxy) is 1. The van der Waals surface area contributed by atoms with Crippen LogP contribution in [0.2, 0.25) is 0 Å². The van der Waals surface area contributed by atoms with Gasteiger partial charge in [-0.25, -0.2) is 0 Å². The van der Waals surface area contributed by atoms with E-state index in [1.807, 2.05) is 0 Å². The molecule has 1 atom stereocenters. The van der Waals surface area contributed by atoms with Crippen molar-refractivity contribution in [1.29, 1.82) is 0 Å². The molecule has 0 aromatic heterocycles. The first kappa shape index (κ1) is 21.2. The fourth-order valence-corrected chi connectivity index (χ4v) is 5.24. The molecule has 2 aromatic rings. The highest BCUT2D eigenvalue weighted by atomic mass is 16.5. The van der Waals surface area contributed by atoms with Gasteiger partial charge in [0.15, 0.2) is 0 Å². The molecule has 4 heteroatoms. The van der Waals surface area contributed by atoms with Crippen LogP contribution in [0.15, 0.2) is 36.4 Å². The molecule has 4 rings (SSSR count). The molecule has 0 bridgehead atoms. The summed E-state index contributed by atoms with van der Waals surface area (Å²) in [5, 5.41) is 11.7. The van der Waals surface area contributed by atoms with Crippen molar-refractivity contribution in [2.45, 2.75) is 76.9 Å². The van der Waals surface area contributed by atoms with Crippen LogP contribution < -0.4 is 4.74 Å². The van der Waals surface area contributed by atoms with E-state index in [-0.39, 0.29) is 5.92 Å². The molecular weight excluding hydrogens is 374 g/mol. The first-order chi connectivity index (χ1) is 14.6. The van der Waals surface area contributed by atoms with E-state index in [2.05, 4.69) is 48.2 Å². The molecule has 1 aliphatic heterocycles. The van der Waals surface area contributed by atoms with Gasteiger partial charge in [-0.2, -0.15) is 0 Å².